The highest BCUT2D eigenvalue weighted by Gasteiger charge is 2.30. The van der Waals surface area contributed by atoms with Crippen LogP contribution in [0.1, 0.15) is 36.8 Å². The van der Waals surface area contributed by atoms with E-state index >= 15 is 0 Å². The number of primary amides is 1. The van der Waals surface area contributed by atoms with Gasteiger partial charge in [-0.25, -0.2) is 0 Å². The third-order valence-electron chi connectivity index (χ3n) is 5.29. The number of amides is 1. The van der Waals surface area contributed by atoms with E-state index in [2.05, 4.69) is 0 Å². The minimum Gasteiger partial charge on any atom is -0.493 e. The maximum Gasteiger partial charge on any atom is 0.220 e. The van der Waals surface area contributed by atoms with Gasteiger partial charge in [-0.3, -0.25) is 4.79 Å². The van der Waals surface area contributed by atoms with E-state index in [1.54, 1.807) is 7.11 Å². The van der Waals surface area contributed by atoms with E-state index in [0.29, 0.717) is 12.5 Å². The second kappa shape index (κ2) is 8.75. The molecule has 0 aromatic heterocycles. The van der Waals surface area contributed by atoms with Gasteiger partial charge in [0.2, 0.25) is 5.91 Å². The van der Waals surface area contributed by atoms with Crippen LogP contribution in [0.25, 0.3) is 0 Å². The molecule has 1 amide bonds. The van der Waals surface area contributed by atoms with Crippen LogP contribution in [0, 0.1) is 11.8 Å². The van der Waals surface area contributed by atoms with Gasteiger partial charge in [-0.05, 0) is 54.9 Å². The number of carbonyl (C=O) groups is 1. The number of rotatable bonds is 9. The summed E-state index contributed by atoms with van der Waals surface area (Å²) in [5.41, 5.74) is 7.86. The molecule has 1 fully saturated rings. The first-order valence-electron chi connectivity index (χ1n) is 9.30. The molecule has 4 heteroatoms. The fraction of sp³-hybridized carbons (Fsp3) is 0.409. The smallest absolute Gasteiger partial charge is 0.220 e. The molecule has 0 bridgehead atoms. The van der Waals surface area contributed by atoms with Gasteiger partial charge in [0.05, 0.1) is 7.11 Å². The highest BCUT2D eigenvalue weighted by atomic mass is 16.5. The van der Waals surface area contributed by atoms with Gasteiger partial charge in [0.1, 0.15) is 6.61 Å². The predicted molar refractivity (Wildman–Crippen MR) is 102 cm³/mol. The number of benzene rings is 2. The minimum absolute atomic E-state index is 0.0104. The molecule has 2 aromatic rings. The van der Waals surface area contributed by atoms with Crippen molar-refractivity contribution in [3.63, 3.8) is 0 Å². The van der Waals surface area contributed by atoms with Crippen LogP contribution in [0.3, 0.4) is 0 Å². The Bertz CT molecular complexity index is 725. The normalized spacial score (nSPS) is 15.1. The number of hydrogen-bond acceptors (Lipinski definition) is 3. The summed E-state index contributed by atoms with van der Waals surface area (Å²) in [5.74, 6) is 1.75. The summed E-state index contributed by atoms with van der Waals surface area (Å²) < 4.78 is 11.4. The van der Waals surface area contributed by atoms with E-state index in [-0.39, 0.29) is 11.8 Å². The van der Waals surface area contributed by atoms with E-state index in [1.807, 2.05) is 48.5 Å². The Labute approximate surface area is 155 Å². The predicted octanol–water partition coefficient (Wildman–Crippen LogP) is 4.11. The topological polar surface area (TPSA) is 61.5 Å². The molecule has 0 heterocycles. The summed E-state index contributed by atoms with van der Waals surface area (Å²) in [6.45, 7) is 0.502. The Morgan fingerprint density at radius 3 is 2.50 bits per heavy atom. The molecule has 1 atom stereocenters. The highest BCUT2D eigenvalue weighted by molar-refractivity contribution is 5.77. The molecule has 0 spiro atoms. The molecule has 1 saturated carbocycles. The van der Waals surface area contributed by atoms with Crippen molar-refractivity contribution in [3.05, 3.63) is 59.7 Å². The van der Waals surface area contributed by atoms with Crippen molar-refractivity contribution in [1.82, 2.24) is 0 Å². The first-order chi connectivity index (χ1) is 12.7. The SMILES string of the molecule is COc1cc(CCC(C(N)=O)C2CCC2)ccc1OCc1ccccc1. The van der Waals surface area contributed by atoms with Crippen LogP contribution >= 0.6 is 0 Å². The minimum atomic E-state index is -0.163. The molecule has 1 aliphatic rings. The van der Waals surface area contributed by atoms with Crippen LogP contribution in [0.15, 0.2) is 48.5 Å². The number of methoxy groups -OCH3 is 1. The van der Waals surface area contributed by atoms with Crippen molar-refractivity contribution in [2.75, 3.05) is 7.11 Å². The van der Waals surface area contributed by atoms with Crippen molar-refractivity contribution < 1.29 is 14.3 Å². The molecule has 0 saturated heterocycles. The summed E-state index contributed by atoms with van der Waals surface area (Å²) in [6, 6.07) is 16.0. The lowest BCUT2D eigenvalue weighted by Gasteiger charge is -2.31. The standard InChI is InChI=1S/C22H27NO3/c1-25-21-14-16(10-12-19(22(23)24)18-8-5-9-18)11-13-20(21)26-15-17-6-3-2-4-7-17/h2-4,6-7,11,13-14,18-19H,5,8-10,12,15H2,1H3,(H2,23,24). The van der Waals surface area contributed by atoms with E-state index in [1.165, 1.54) is 6.42 Å². The van der Waals surface area contributed by atoms with Gasteiger partial charge in [-0.2, -0.15) is 0 Å². The Balaban J connectivity index is 1.61. The maximum atomic E-state index is 11.7. The Kier molecular flexibility index (Phi) is 6.16. The molecule has 2 aromatic carbocycles. The monoisotopic (exact) mass is 353 g/mol. The Morgan fingerprint density at radius 1 is 1.12 bits per heavy atom. The summed E-state index contributed by atoms with van der Waals surface area (Å²) in [6.07, 6.45) is 5.09. The van der Waals surface area contributed by atoms with Crippen molar-refractivity contribution in [1.29, 1.82) is 0 Å². The van der Waals surface area contributed by atoms with E-state index in [0.717, 1.165) is 48.3 Å². The number of carbonyl (C=O) groups excluding carboxylic acids is 1. The lowest BCUT2D eigenvalue weighted by Crippen LogP contribution is -2.33. The molecule has 1 unspecified atom stereocenters. The van der Waals surface area contributed by atoms with Crippen LogP contribution in [0.5, 0.6) is 11.5 Å². The van der Waals surface area contributed by atoms with Gasteiger partial charge in [0, 0.05) is 5.92 Å². The van der Waals surface area contributed by atoms with Crippen molar-refractivity contribution in [2.24, 2.45) is 17.6 Å². The van der Waals surface area contributed by atoms with Gasteiger partial charge >= 0.3 is 0 Å². The van der Waals surface area contributed by atoms with Crippen molar-refractivity contribution in [3.8, 4) is 11.5 Å². The van der Waals surface area contributed by atoms with Gasteiger partial charge < -0.3 is 15.2 Å². The molecule has 0 radical (unpaired) electrons. The molecule has 3 rings (SSSR count). The Morgan fingerprint density at radius 2 is 1.88 bits per heavy atom. The third kappa shape index (κ3) is 4.57. The summed E-state index contributed by atoms with van der Waals surface area (Å²) in [5, 5.41) is 0. The maximum absolute atomic E-state index is 11.7. The molecule has 0 aliphatic heterocycles. The molecular weight excluding hydrogens is 326 g/mol. The highest BCUT2D eigenvalue weighted by Crippen LogP contribution is 2.36. The molecule has 1 aliphatic carbocycles. The van der Waals surface area contributed by atoms with Crippen LogP contribution in [0.2, 0.25) is 0 Å². The largest absolute Gasteiger partial charge is 0.493 e. The second-order valence-electron chi connectivity index (χ2n) is 7.00. The van der Waals surface area contributed by atoms with Gasteiger partial charge in [0.15, 0.2) is 11.5 Å². The lowest BCUT2D eigenvalue weighted by atomic mass is 9.73. The van der Waals surface area contributed by atoms with Crippen LogP contribution in [-0.4, -0.2) is 13.0 Å². The third-order valence-corrected chi connectivity index (χ3v) is 5.29. The zero-order chi connectivity index (χ0) is 18.4. The molecule has 4 nitrogen and oxygen atoms in total. The average molecular weight is 353 g/mol. The van der Waals surface area contributed by atoms with Crippen LogP contribution in [-0.2, 0) is 17.8 Å². The van der Waals surface area contributed by atoms with Crippen LogP contribution in [0.4, 0.5) is 0 Å². The van der Waals surface area contributed by atoms with Crippen LogP contribution < -0.4 is 15.2 Å². The summed E-state index contributed by atoms with van der Waals surface area (Å²) >= 11 is 0. The first kappa shape index (κ1) is 18.3. The molecular formula is C22H27NO3. The fourth-order valence-electron chi connectivity index (χ4n) is 3.50. The summed E-state index contributed by atoms with van der Waals surface area (Å²) in [4.78, 5) is 11.7. The summed E-state index contributed by atoms with van der Waals surface area (Å²) in [7, 11) is 1.65. The molecule has 26 heavy (non-hydrogen) atoms. The molecule has 138 valence electrons. The zero-order valence-electron chi connectivity index (χ0n) is 15.3. The quantitative estimate of drug-likeness (QED) is 0.738. The first-order valence-corrected chi connectivity index (χ1v) is 9.30. The van der Waals surface area contributed by atoms with E-state index in [9.17, 15) is 4.79 Å². The van der Waals surface area contributed by atoms with Gasteiger partial charge in [-0.15, -0.1) is 0 Å². The van der Waals surface area contributed by atoms with E-state index in [4.69, 9.17) is 15.2 Å². The van der Waals surface area contributed by atoms with Crippen molar-refractivity contribution >= 4 is 5.91 Å². The second-order valence-corrected chi connectivity index (χ2v) is 7.00. The van der Waals surface area contributed by atoms with Crippen molar-refractivity contribution in [2.45, 2.75) is 38.7 Å². The Hall–Kier alpha value is -2.49. The lowest BCUT2D eigenvalue weighted by molar-refractivity contribution is -0.124. The number of aryl methyl sites for hydroxylation is 1. The zero-order valence-corrected chi connectivity index (χ0v) is 15.3. The van der Waals surface area contributed by atoms with Gasteiger partial charge in [0.25, 0.3) is 0 Å². The number of ether oxygens (including phenoxy) is 2. The number of nitrogens with two attached hydrogens (primary N) is 1. The van der Waals surface area contributed by atoms with Gasteiger partial charge in [-0.1, -0.05) is 42.8 Å². The average Bonchev–Trinajstić information content (AvgIpc) is 2.62. The number of hydrogen-bond donors (Lipinski definition) is 1. The molecule has 2 N–H and O–H groups in total. The fourth-order valence-corrected chi connectivity index (χ4v) is 3.50. The van der Waals surface area contributed by atoms with E-state index < -0.39 is 0 Å².